The highest BCUT2D eigenvalue weighted by Gasteiger charge is 2.35. The van der Waals surface area contributed by atoms with Gasteiger partial charge >= 0.3 is 12.0 Å². The number of hydrogen-bond acceptors (Lipinski definition) is 5. The number of carbonyl (C=O) groups is 2. The number of carbonyl (C=O) groups excluding carboxylic acids is 1. The molecule has 2 rings (SSSR count). The molecule has 2 N–H and O–H groups in total. The van der Waals surface area contributed by atoms with E-state index in [4.69, 9.17) is 0 Å². The SMILES string of the molecule is CCC1CCN(C(=O)Nc2nncs2)C(C(=O)O)C1. The number of carboxylic acids is 1. The number of nitrogens with one attached hydrogen (secondary N) is 1. The lowest BCUT2D eigenvalue weighted by atomic mass is 9.89. The van der Waals surface area contributed by atoms with Crippen LogP contribution in [0, 0.1) is 5.92 Å². The van der Waals surface area contributed by atoms with Crippen LogP contribution in [0.1, 0.15) is 26.2 Å². The smallest absolute Gasteiger partial charge is 0.326 e. The normalized spacial score (nSPS) is 23.1. The van der Waals surface area contributed by atoms with E-state index in [0.717, 1.165) is 12.8 Å². The van der Waals surface area contributed by atoms with Gasteiger partial charge in [0.2, 0.25) is 5.13 Å². The number of carboxylic acid groups (broad SMARTS) is 1. The summed E-state index contributed by atoms with van der Waals surface area (Å²) in [6.45, 7) is 2.50. The molecule has 104 valence electrons. The summed E-state index contributed by atoms with van der Waals surface area (Å²) in [5, 5.41) is 19.5. The molecule has 8 heteroatoms. The van der Waals surface area contributed by atoms with Gasteiger partial charge < -0.3 is 10.0 Å². The zero-order valence-corrected chi connectivity index (χ0v) is 11.4. The molecule has 1 aromatic heterocycles. The Labute approximate surface area is 114 Å². The standard InChI is InChI=1S/C11H16N4O3S/c1-2-7-3-4-15(8(5-7)9(16)17)11(18)13-10-14-12-6-19-10/h6-8H,2-5H2,1H3,(H,16,17)(H,13,14,18). The highest BCUT2D eigenvalue weighted by Crippen LogP contribution is 2.26. The number of rotatable bonds is 3. The molecule has 0 spiro atoms. The third kappa shape index (κ3) is 3.19. The molecule has 7 nitrogen and oxygen atoms in total. The summed E-state index contributed by atoms with van der Waals surface area (Å²) in [4.78, 5) is 24.7. The molecule has 19 heavy (non-hydrogen) atoms. The van der Waals surface area contributed by atoms with Crippen LogP contribution in [0.2, 0.25) is 0 Å². The zero-order chi connectivity index (χ0) is 13.8. The Morgan fingerprint density at radius 3 is 3.00 bits per heavy atom. The first-order valence-electron chi connectivity index (χ1n) is 6.18. The van der Waals surface area contributed by atoms with Crippen LogP contribution >= 0.6 is 11.3 Å². The minimum Gasteiger partial charge on any atom is -0.480 e. The quantitative estimate of drug-likeness (QED) is 0.879. The fourth-order valence-corrected chi connectivity index (χ4v) is 2.71. The van der Waals surface area contributed by atoms with Gasteiger partial charge in [-0.2, -0.15) is 0 Å². The van der Waals surface area contributed by atoms with E-state index in [9.17, 15) is 14.7 Å². The molecule has 0 bridgehead atoms. The lowest BCUT2D eigenvalue weighted by Gasteiger charge is -2.36. The van der Waals surface area contributed by atoms with E-state index in [1.807, 2.05) is 6.92 Å². The molecule has 0 aliphatic carbocycles. The van der Waals surface area contributed by atoms with Crippen molar-refractivity contribution < 1.29 is 14.7 Å². The fraction of sp³-hybridized carbons (Fsp3) is 0.636. The van der Waals surface area contributed by atoms with Crippen molar-refractivity contribution in [2.45, 2.75) is 32.2 Å². The van der Waals surface area contributed by atoms with Crippen molar-refractivity contribution in [3.05, 3.63) is 5.51 Å². The maximum Gasteiger partial charge on any atom is 0.326 e. The van der Waals surface area contributed by atoms with Gasteiger partial charge in [0.15, 0.2) is 0 Å². The molecule has 1 fully saturated rings. The molecule has 2 amide bonds. The largest absolute Gasteiger partial charge is 0.480 e. The van der Waals surface area contributed by atoms with Gasteiger partial charge in [0.25, 0.3) is 0 Å². The average Bonchev–Trinajstić information content (AvgIpc) is 2.90. The van der Waals surface area contributed by atoms with Gasteiger partial charge in [-0.05, 0) is 18.8 Å². The molecule has 2 heterocycles. The monoisotopic (exact) mass is 284 g/mol. The summed E-state index contributed by atoms with van der Waals surface area (Å²) < 4.78 is 0. The van der Waals surface area contributed by atoms with E-state index in [2.05, 4.69) is 15.5 Å². The zero-order valence-electron chi connectivity index (χ0n) is 10.6. The van der Waals surface area contributed by atoms with Crippen LogP contribution in [0.4, 0.5) is 9.93 Å². The summed E-state index contributed by atoms with van der Waals surface area (Å²) in [5.41, 5.74) is 1.51. The van der Waals surface area contributed by atoms with Crippen molar-refractivity contribution in [1.82, 2.24) is 15.1 Å². The second kappa shape index (κ2) is 5.96. The van der Waals surface area contributed by atoms with Crippen molar-refractivity contribution in [3.8, 4) is 0 Å². The maximum atomic E-state index is 12.1. The van der Waals surface area contributed by atoms with Crippen LogP contribution in [0.3, 0.4) is 0 Å². The number of amides is 2. The summed E-state index contributed by atoms with van der Waals surface area (Å²) in [6.07, 6.45) is 2.29. The van der Waals surface area contributed by atoms with Gasteiger partial charge in [-0.3, -0.25) is 5.32 Å². The van der Waals surface area contributed by atoms with E-state index in [0.29, 0.717) is 24.0 Å². The molecule has 0 radical (unpaired) electrons. The van der Waals surface area contributed by atoms with Gasteiger partial charge in [-0.25, -0.2) is 9.59 Å². The topological polar surface area (TPSA) is 95.4 Å². The summed E-state index contributed by atoms with van der Waals surface area (Å²) in [7, 11) is 0. The molecule has 1 aromatic rings. The molecule has 2 unspecified atom stereocenters. The van der Waals surface area contributed by atoms with E-state index >= 15 is 0 Å². The molecule has 1 saturated heterocycles. The average molecular weight is 284 g/mol. The Kier molecular flexibility index (Phi) is 4.31. The van der Waals surface area contributed by atoms with Gasteiger partial charge in [-0.1, -0.05) is 24.7 Å². The van der Waals surface area contributed by atoms with Crippen molar-refractivity contribution in [1.29, 1.82) is 0 Å². The summed E-state index contributed by atoms with van der Waals surface area (Å²) >= 11 is 1.20. The van der Waals surface area contributed by atoms with E-state index in [1.54, 1.807) is 0 Å². The second-order valence-electron chi connectivity index (χ2n) is 4.52. The highest BCUT2D eigenvalue weighted by molar-refractivity contribution is 7.13. The summed E-state index contributed by atoms with van der Waals surface area (Å²) in [6, 6.07) is -1.18. The van der Waals surface area contributed by atoms with Crippen LogP contribution in [0.15, 0.2) is 5.51 Å². The number of piperidine rings is 1. The van der Waals surface area contributed by atoms with E-state index in [-0.39, 0.29) is 0 Å². The number of likely N-dealkylation sites (tertiary alicyclic amines) is 1. The Bertz CT molecular complexity index is 451. The first-order chi connectivity index (χ1) is 9.11. The molecule has 1 aliphatic heterocycles. The lowest BCUT2D eigenvalue weighted by molar-refractivity contribution is -0.143. The fourth-order valence-electron chi connectivity index (χ4n) is 2.28. The molecular formula is C11H16N4O3S. The van der Waals surface area contributed by atoms with Crippen molar-refractivity contribution >= 4 is 28.5 Å². The number of hydrogen-bond donors (Lipinski definition) is 2. The highest BCUT2D eigenvalue weighted by atomic mass is 32.1. The Morgan fingerprint density at radius 2 is 2.42 bits per heavy atom. The predicted molar refractivity (Wildman–Crippen MR) is 70.1 cm³/mol. The molecule has 2 atom stereocenters. The number of aromatic nitrogens is 2. The Morgan fingerprint density at radius 1 is 1.63 bits per heavy atom. The van der Waals surface area contributed by atoms with Crippen LogP contribution < -0.4 is 5.32 Å². The predicted octanol–water partition coefficient (Wildman–Crippen LogP) is 1.65. The first-order valence-corrected chi connectivity index (χ1v) is 7.06. The van der Waals surface area contributed by atoms with Crippen molar-refractivity contribution in [3.63, 3.8) is 0 Å². The van der Waals surface area contributed by atoms with Gasteiger partial charge in [0.05, 0.1) is 0 Å². The van der Waals surface area contributed by atoms with Gasteiger partial charge in [0.1, 0.15) is 11.6 Å². The van der Waals surface area contributed by atoms with Gasteiger partial charge in [-0.15, -0.1) is 10.2 Å². The number of urea groups is 1. The minimum atomic E-state index is -0.953. The number of anilines is 1. The van der Waals surface area contributed by atoms with E-state index in [1.165, 1.54) is 21.7 Å². The first kappa shape index (κ1) is 13.7. The molecule has 1 aliphatic rings. The van der Waals surface area contributed by atoms with E-state index < -0.39 is 18.0 Å². The Hall–Kier alpha value is -1.70. The van der Waals surface area contributed by atoms with Crippen molar-refractivity contribution in [2.75, 3.05) is 11.9 Å². The second-order valence-corrected chi connectivity index (χ2v) is 5.35. The summed E-state index contributed by atoms with van der Waals surface area (Å²) in [5.74, 6) is -0.586. The third-order valence-corrected chi connectivity index (χ3v) is 4.01. The molecule has 0 aromatic carbocycles. The van der Waals surface area contributed by atoms with Crippen LogP contribution in [0.5, 0.6) is 0 Å². The molecular weight excluding hydrogens is 268 g/mol. The van der Waals surface area contributed by atoms with Crippen LogP contribution in [-0.4, -0.2) is 44.8 Å². The van der Waals surface area contributed by atoms with Gasteiger partial charge in [0, 0.05) is 6.54 Å². The number of aliphatic carboxylic acids is 1. The third-order valence-electron chi connectivity index (χ3n) is 3.41. The lowest BCUT2D eigenvalue weighted by Crippen LogP contribution is -2.51. The number of nitrogens with zero attached hydrogens (tertiary/aromatic N) is 3. The van der Waals surface area contributed by atoms with Crippen LogP contribution in [-0.2, 0) is 4.79 Å². The molecule has 0 saturated carbocycles. The Balaban J connectivity index is 2.04. The maximum absolute atomic E-state index is 12.1. The van der Waals surface area contributed by atoms with Crippen molar-refractivity contribution in [2.24, 2.45) is 5.92 Å². The minimum absolute atomic E-state index is 0.367. The van der Waals surface area contributed by atoms with Crippen LogP contribution in [0.25, 0.3) is 0 Å².